The van der Waals surface area contributed by atoms with Gasteiger partial charge < -0.3 is 11.1 Å². The summed E-state index contributed by atoms with van der Waals surface area (Å²) in [6, 6.07) is 0. The van der Waals surface area contributed by atoms with Crippen LogP contribution in [0.5, 0.6) is 0 Å². The number of nitrogens with two attached hydrogens (primary N) is 1. The van der Waals surface area contributed by atoms with Crippen LogP contribution >= 0.6 is 0 Å². The third kappa shape index (κ3) is 2.05. The van der Waals surface area contributed by atoms with Crippen LogP contribution in [-0.2, 0) is 14.1 Å². The summed E-state index contributed by atoms with van der Waals surface area (Å²) >= 11 is 0. The van der Waals surface area contributed by atoms with Crippen LogP contribution in [0.1, 0.15) is 31.2 Å². The molecule has 18 heavy (non-hydrogen) atoms. The maximum Gasteiger partial charge on any atom is 0.152 e. The van der Waals surface area contributed by atoms with Gasteiger partial charge in [0.1, 0.15) is 0 Å². The number of aromatic nitrogens is 4. The maximum atomic E-state index is 6.14. The van der Waals surface area contributed by atoms with Crippen molar-refractivity contribution in [1.29, 1.82) is 0 Å². The van der Waals surface area contributed by atoms with Gasteiger partial charge in [-0.1, -0.05) is 13.8 Å². The van der Waals surface area contributed by atoms with Gasteiger partial charge in [0, 0.05) is 20.3 Å². The zero-order chi connectivity index (χ0) is 13.4. The van der Waals surface area contributed by atoms with Crippen molar-refractivity contribution in [3.05, 3.63) is 17.6 Å². The number of anilines is 3. The predicted octanol–water partition coefficient (Wildman–Crippen LogP) is 1.91. The molecule has 2 aromatic rings. The Morgan fingerprint density at radius 1 is 1.28 bits per heavy atom. The van der Waals surface area contributed by atoms with Crippen molar-refractivity contribution in [2.75, 3.05) is 11.1 Å². The van der Waals surface area contributed by atoms with E-state index >= 15 is 0 Å². The molecule has 98 valence electrons. The number of rotatable bonds is 3. The van der Waals surface area contributed by atoms with Gasteiger partial charge in [-0.2, -0.15) is 10.2 Å². The zero-order valence-electron chi connectivity index (χ0n) is 11.5. The Kier molecular flexibility index (Phi) is 3.02. The van der Waals surface area contributed by atoms with Gasteiger partial charge in [-0.15, -0.1) is 0 Å². The van der Waals surface area contributed by atoms with E-state index in [0.717, 1.165) is 22.9 Å². The van der Waals surface area contributed by atoms with Gasteiger partial charge in [-0.3, -0.25) is 9.36 Å². The van der Waals surface area contributed by atoms with E-state index in [2.05, 4.69) is 29.4 Å². The highest BCUT2D eigenvalue weighted by Crippen LogP contribution is 2.30. The van der Waals surface area contributed by atoms with Crippen molar-refractivity contribution in [3.63, 3.8) is 0 Å². The third-order valence-corrected chi connectivity index (χ3v) is 2.93. The minimum Gasteiger partial charge on any atom is -0.394 e. The first-order valence-electron chi connectivity index (χ1n) is 5.99. The van der Waals surface area contributed by atoms with E-state index in [0.29, 0.717) is 11.6 Å². The van der Waals surface area contributed by atoms with Crippen LogP contribution in [0.15, 0.2) is 6.20 Å². The SMILES string of the molecule is Cc1nn(C)cc1Nc1c(N)c(C(C)C)nn1C. The first kappa shape index (κ1) is 12.5. The molecule has 6 nitrogen and oxygen atoms in total. The first-order valence-corrected chi connectivity index (χ1v) is 5.99. The Morgan fingerprint density at radius 2 is 1.94 bits per heavy atom. The van der Waals surface area contributed by atoms with Gasteiger partial charge in [-0.05, 0) is 12.8 Å². The summed E-state index contributed by atoms with van der Waals surface area (Å²) in [5.41, 5.74) is 9.64. The van der Waals surface area contributed by atoms with E-state index in [4.69, 9.17) is 5.73 Å². The molecule has 0 fully saturated rings. The molecule has 6 heteroatoms. The number of hydrogen-bond donors (Lipinski definition) is 2. The highest BCUT2D eigenvalue weighted by molar-refractivity contribution is 5.72. The Labute approximate surface area is 107 Å². The molecule has 0 bridgehead atoms. The zero-order valence-corrected chi connectivity index (χ0v) is 11.5. The van der Waals surface area contributed by atoms with E-state index in [-0.39, 0.29) is 0 Å². The first-order chi connectivity index (χ1) is 8.40. The van der Waals surface area contributed by atoms with Crippen molar-refractivity contribution in [2.45, 2.75) is 26.7 Å². The van der Waals surface area contributed by atoms with E-state index in [1.807, 2.05) is 27.2 Å². The average Bonchev–Trinajstić information content (AvgIpc) is 2.72. The molecule has 0 saturated heterocycles. The second kappa shape index (κ2) is 4.36. The molecule has 0 saturated carbocycles. The molecule has 0 aliphatic rings. The lowest BCUT2D eigenvalue weighted by Crippen LogP contribution is -2.01. The number of hydrogen-bond acceptors (Lipinski definition) is 4. The summed E-state index contributed by atoms with van der Waals surface area (Å²) in [7, 11) is 3.78. The fraction of sp³-hybridized carbons (Fsp3) is 0.500. The second-order valence-electron chi connectivity index (χ2n) is 4.85. The standard InChI is InChI=1S/C12H20N6/c1-7(2)11-10(13)12(18(5)16-11)14-9-6-17(4)15-8(9)3/h6-7,14H,13H2,1-5H3. The van der Waals surface area contributed by atoms with Crippen molar-refractivity contribution in [1.82, 2.24) is 19.6 Å². The van der Waals surface area contributed by atoms with Gasteiger partial charge in [0.25, 0.3) is 0 Å². The van der Waals surface area contributed by atoms with Crippen LogP contribution in [0, 0.1) is 6.92 Å². The van der Waals surface area contributed by atoms with Gasteiger partial charge in [-0.25, -0.2) is 0 Å². The van der Waals surface area contributed by atoms with Crippen molar-refractivity contribution < 1.29 is 0 Å². The van der Waals surface area contributed by atoms with E-state index < -0.39 is 0 Å². The van der Waals surface area contributed by atoms with E-state index in [1.54, 1.807) is 9.36 Å². The van der Waals surface area contributed by atoms with Gasteiger partial charge >= 0.3 is 0 Å². The van der Waals surface area contributed by atoms with Crippen molar-refractivity contribution in [2.24, 2.45) is 14.1 Å². The molecule has 3 N–H and O–H groups in total. The van der Waals surface area contributed by atoms with Gasteiger partial charge in [0.15, 0.2) is 5.82 Å². The molecular formula is C12H20N6. The van der Waals surface area contributed by atoms with E-state index in [9.17, 15) is 0 Å². The summed E-state index contributed by atoms with van der Waals surface area (Å²) in [4.78, 5) is 0. The molecule has 0 unspecified atom stereocenters. The molecule has 0 radical (unpaired) electrons. The molecule has 2 heterocycles. The summed E-state index contributed by atoms with van der Waals surface area (Å²) in [6.45, 7) is 6.12. The quantitative estimate of drug-likeness (QED) is 0.870. The molecule has 0 spiro atoms. The summed E-state index contributed by atoms with van der Waals surface area (Å²) in [5.74, 6) is 1.12. The largest absolute Gasteiger partial charge is 0.394 e. The fourth-order valence-electron chi connectivity index (χ4n) is 1.99. The topological polar surface area (TPSA) is 73.7 Å². The molecule has 2 aromatic heterocycles. The van der Waals surface area contributed by atoms with Crippen LogP contribution in [0.3, 0.4) is 0 Å². The predicted molar refractivity (Wildman–Crippen MR) is 72.9 cm³/mol. The van der Waals surface area contributed by atoms with Gasteiger partial charge in [0.2, 0.25) is 0 Å². The number of nitrogen functional groups attached to an aromatic ring is 1. The molecule has 0 atom stereocenters. The molecule has 2 rings (SSSR count). The van der Waals surface area contributed by atoms with Crippen LogP contribution in [0.2, 0.25) is 0 Å². The third-order valence-electron chi connectivity index (χ3n) is 2.93. The molecule has 0 amide bonds. The Hall–Kier alpha value is -1.98. The van der Waals surface area contributed by atoms with Crippen molar-refractivity contribution in [3.8, 4) is 0 Å². The van der Waals surface area contributed by atoms with Gasteiger partial charge in [0.05, 0.1) is 22.8 Å². The minimum absolute atomic E-state index is 0.307. The highest BCUT2D eigenvalue weighted by Gasteiger charge is 2.17. The molecule has 0 aliphatic heterocycles. The lowest BCUT2D eigenvalue weighted by Gasteiger charge is -2.06. The van der Waals surface area contributed by atoms with Crippen LogP contribution in [-0.4, -0.2) is 19.6 Å². The maximum absolute atomic E-state index is 6.14. The van der Waals surface area contributed by atoms with Crippen LogP contribution in [0.25, 0.3) is 0 Å². The van der Waals surface area contributed by atoms with Crippen molar-refractivity contribution >= 4 is 17.2 Å². The highest BCUT2D eigenvalue weighted by atomic mass is 15.3. The second-order valence-corrected chi connectivity index (χ2v) is 4.85. The number of nitrogens with one attached hydrogen (secondary N) is 1. The number of aryl methyl sites for hydroxylation is 3. The lowest BCUT2D eigenvalue weighted by atomic mass is 10.1. The minimum atomic E-state index is 0.307. The summed E-state index contributed by atoms with van der Waals surface area (Å²) in [6.07, 6.45) is 1.93. The fourth-order valence-corrected chi connectivity index (χ4v) is 1.99. The number of nitrogens with zero attached hydrogens (tertiary/aromatic N) is 4. The average molecular weight is 248 g/mol. The van der Waals surface area contributed by atoms with Crippen LogP contribution in [0.4, 0.5) is 17.2 Å². The summed E-state index contributed by atoms with van der Waals surface area (Å²) < 4.78 is 3.55. The van der Waals surface area contributed by atoms with E-state index in [1.165, 1.54) is 0 Å². The van der Waals surface area contributed by atoms with Crippen LogP contribution < -0.4 is 11.1 Å². The lowest BCUT2D eigenvalue weighted by molar-refractivity contribution is 0.718. The summed E-state index contributed by atoms with van der Waals surface area (Å²) in [5, 5.41) is 12.0. The Morgan fingerprint density at radius 3 is 2.39 bits per heavy atom. The monoisotopic (exact) mass is 248 g/mol. The smallest absolute Gasteiger partial charge is 0.152 e. The Bertz CT molecular complexity index is 563. The molecule has 0 aromatic carbocycles. The Balaban J connectivity index is 2.38. The molecular weight excluding hydrogens is 228 g/mol. The molecule has 0 aliphatic carbocycles. The normalized spacial score (nSPS) is 11.2.